The number of hydrogen-bond acceptors (Lipinski definition) is 3. The molecule has 0 bridgehead atoms. The molecule has 0 radical (unpaired) electrons. The molecular formula is C11H16N2O. The highest BCUT2D eigenvalue weighted by atomic mass is 16.5. The zero-order valence-corrected chi connectivity index (χ0v) is 8.28. The van der Waals surface area contributed by atoms with Gasteiger partial charge in [0.2, 0.25) is 0 Å². The Morgan fingerprint density at radius 1 is 1.36 bits per heavy atom. The highest BCUT2D eigenvalue weighted by Gasteiger charge is 2.33. The van der Waals surface area contributed by atoms with Crippen molar-refractivity contribution in [2.24, 2.45) is 5.73 Å². The summed E-state index contributed by atoms with van der Waals surface area (Å²) in [5.74, 6) is 0. The number of pyridine rings is 1. The maximum Gasteiger partial charge on any atom is 0.0479 e. The van der Waals surface area contributed by atoms with Crippen molar-refractivity contribution in [2.45, 2.75) is 18.3 Å². The molecule has 1 saturated heterocycles. The maximum absolute atomic E-state index is 5.87. The molecule has 0 aliphatic carbocycles. The summed E-state index contributed by atoms with van der Waals surface area (Å²) in [5.41, 5.74) is 7.05. The number of hydrogen-bond donors (Lipinski definition) is 1. The van der Waals surface area contributed by atoms with E-state index in [1.54, 1.807) is 0 Å². The summed E-state index contributed by atoms with van der Waals surface area (Å²) < 4.78 is 5.36. The van der Waals surface area contributed by atoms with E-state index in [1.165, 1.54) is 0 Å². The summed E-state index contributed by atoms with van der Waals surface area (Å²) in [6, 6.07) is 6.03. The molecule has 2 heterocycles. The van der Waals surface area contributed by atoms with Gasteiger partial charge in [-0.2, -0.15) is 0 Å². The van der Waals surface area contributed by atoms with Crippen molar-refractivity contribution < 1.29 is 4.74 Å². The van der Waals surface area contributed by atoms with Crippen LogP contribution in [0.15, 0.2) is 24.4 Å². The third kappa shape index (κ3) is 1.65. The minimum atomic E-state index is 0.0551. The van der Waals surface area contributed by atoms with Crippen LogP contribution < -0.4 is 5.73 Å². The van der Waals surface area contributed by atoms with Crippen molar-refractivity contribution in [2.75, 3.05) is 19.8 Å². The Balaban J connectivity index is 2.27. The van der Waals surface area contributed by atoms with Gasteiger partial charge in [0.25, 0.3) is 0 Å². The molecule has 76 valence electrons. The lowest BCUT2D eigenvalue weighted by atomic mass is 9.77. The van der Waals surface area contributed by atoms with E-state index in [-0.39, 0.29) is 5.41 Å². The van der Waals surface area contributed by atoms with E-state index in [0.717, 1.165) is 31.7 Å². The normalized spacial score (nSPS) is 20.6. The lowest BCUT2D eigenvalue weighted by molar-refractivity contribution is 0.0515. The summed E-state index contributed by atoms with van der Waals surface area (Å²) in [6.45, 7) is 2.26. The molecule has 0 aromatic carbocycles. The number of aromatic nitrogens is 1. The molecule has 14 heavy (non-hydrogen) atoms. The van der Waals surface area contributed by atoms with Gasteiger partial charge in [0.15, 0.2) is 0 Å². The van der Waals surface area contributed by atoms with E-state index in [1.807, 2.05) is 18.3 Å². The summed E-state index contributed by atoms with van der Waals surface area (Å²) in [4.78, 5) is 4.41. The molecule has 3 nitrogen and oxygen atoms in total. The van der Waals surface area contributed by atoms with E-state index < -0.39 is 0 Å². The van der Waals surface area contributed by atoms with Crippen LogP contribution in [-0.2, 0) is 10.2 Å². The van der Waals surface area contributed by atoms with Crippen molar-refractivity contribution in [3.63, 3.8) is 0 Å². The van der Waals surface area contributed by atoms with Crippen LogP contribution in [0.2, 0.25) is 0 Å². The number of nitrogens with zero attached hydrogens (tertiary/aromatic N) is 1. The van der Waals surface area contributed by atoms with Crippen LogP contribution in [0, 0.1) is 0 Å². The fourth-order valence-electron chi connectivity index (χ4n) is 2.00. The van der Waals surface area contributed by atoms with Crippen LogP contribution in [0.4, 0.5) is 0 Å². The molecule has 0 amide bonds. The Hall–Kier alpha value is -0.930. The Morgan fingerprint density at radius 3 is 2.71 bits per heavy atom. The SMILES string of the molecule is NCC1(c2ccccn2)CCOCC1. The van der Waals surface area contributed by atoms with Crippen LogP contribution >= 0.6 is 0 Å². The Kier molecular flexibility index (Phi) is 2.79. The van der Waals surface area contributed by atoms with E-state index in [4.69, 9.17) is 10.5 Å². The molecule has 1 aromatic rings. The largest absolute Gasteiger partial charge is 0.381 e. The van der Waals surface area contributed by atoms with Gasteiger partial charge in [-0.1, -0.05) is 6.07 Å². The van der Waals surface area contributed by atoms with Gasteiger partial charge in [-0.05, 0) is 25.0 Å². The van der Waals surface area contributed by atoms with Crippen LogP contribution in [0.1, 0.15) is 18.5 Å². The second-order valence-electron chi connectivity index (χ2n) is 3.81. The third-order valence-corrected chi connectivity index (χ3v) is 3.05. The van der Waals surface area contributed by atoms with Gasteiger partial charge in [-0.25, -0.2) is 0 Å². The van der Waals surface area contributed by atoms with Crippen molar-refractivity contribution in [3.05, 3.63) is 30.1 Å². The molecule has 2 N–H and O–H groups in total. The van der Waals surface area contributed by atoms with Gasteiger partial charge < -0.3 is 10.5 Å². The first-order valence-electron chi connectivity index (χ1n) is 5.07. The molecule has 3 heteroatoms. The van der Waals surface area contributed by atoms with Gasteiger partial charge >= 0.3 is 0 Å². The summed E-state index contributed by atoms with van der Waals surface area (Å²) in [7, 11) is 0. The van der Waals surface area contributed by atoms with Gasteiger partial charge in [0.05, 0.1) is 0 Å². The van der Waals surface area contributed by atoms with Gasteiger partial charge in [-0.15, -0.1) is 0 Å². The van der Waals surface area contributed by atoms with Gasteiger partial charge in [0.1, 0.15) is 0 Å². The number of nitrogens with two attached hydrogens (primary N) is 1. The fourth-order valence-corrected chi connectivity index (χ4v) is 2.00. The predicted molar refractivity (Wildman–Crippen MR) is 55.0 cm³/mol. The smallest absolute Gasteiger partial charge is 0.0479 e. The predicted octanol–water partition coefficient (Wildman–Crippen LogP) is 1.09. The Bertz CT molecular complexity index is 281. The lowest BCUT2D eigenvalue weighted by Gasteiger charge is -2.35. The van der Waals surface area contributed by atoms with E-state index in [0.29, 0.717) is 6.54 Å². The first-order chi connectivity index (χ1) is 6.87. The molecule has 0 unspecified atom stereocenters. The Labute approximate surface area is 84.3 Å². The molecule has 2 rings (SSSR count). The van der Waals surface area contributed by atoms with Crippen LogP contribution in [0.3, 0.4) is 0 Å². The fraction of sp³-hybridized carbons (Fsp3) is 0.545. The molecule has 0 spiro atoms. The first-order valence-corrected chi connectivity index (χ1v) is 5.07. The highest BCUT2D eigenvalue weighted by molar-refractivity contribution is 5.18. The van der Waals surface area contributed by atoms with Crippen LogP contribution in [0.25, 0.3) is 0 Å². The maximum atomic E-state index is 5.87. The summed E-state index contributed by atoms with van der Waals surface area (Å²) in [6.07, 6.45) is 3.81. The van der Waals surface area contributed by atoms with E-state index in [9.17, 15) is 0 Å². The zero-order valence-electron chi connectivity index (χ0n) is 8.28. The van der Waals surface area contributed by atoms with E-state index in [2.05, 4.69) is 11.1 Å². The topological polar surface area (TPSA) is 48.1 Å². The number of rotatable bonds is 2. The number of ether oxygens (including phenoxy) is 1. The monoisotopic (exact) mass is 192 g/mol. The first kappa shape index (κ1) is 9.62. The van der Waals surface area contributed by atoms with Gasteiger partial charge in [0, 0.05) is 37.1 Å². The van der Waals surface area contributed by atoms with Crippen molar-refractivity contribution >= 4 is 0 Å². The molecule has 1 aliphatic heterocycles. The molecular weight excluding hydrogens is 176 g/mol. The second-order valence-corrected chi connectivity index (χ2v) is 3.81. The Morgan fingerprint density at radius 2 is 2.14 bits per heavy atom. The quantitative estimate of drug-likeness (QED) is 0.763. The summed E-state index contributed by atoms with van der Waals surface area (Å²) in [5, 5.41) is 0. The standard InChI is InChI=1S/C11H16N2O/c12-9-11(4-7-14-8-5-11)10-3-1-2-6-13-10/h1-3,6H,4-5,7-9,12H2. The lowest BCUT2D eigenvalue weighted by Crippen LogP contribution is -2.41. The molecule has 1 fully saturated rings. The van der Waals surface area contributed by atoms with Crippen molar-refractivity contribution in [3.8, 4) is 0 Å². The van der Waals surface area contributed by atoms with Gasteiger partial charge in [-0.3, -0.25) is 4.98 Å². The van der Waals surface area contributed by atoms with Crippen molar-refractivity contribution in [1.82, 2.24) is 4.98 Å². The second kappa shape index (κ2) is 4.07. The van der Waals surface area contributed by atoms with E-state index >= 15 is 0 Å². The molecule has 1 aromatic heterocycles. The third-order valence-electron chi connectivity index (χ3n) is 3.05. The highest BCUT2D eigenvalue weighted by Crippen LogP contribution is 2.32. The molecule has 0 saturated carbocycles. The van der Waals surface area contributed by atoms with Crippen molar-refractivity contribution in [1.29, 1.82) is 0 Å². The minimum absolute atomic E-state index is 0.0551. The average Bonchev–Trinajstić information content (AvgIpc) is 2.31. The van der Waals surface area contributed by atoms with Crippen LogP contribution in [-0.4, -0.2) is 24.7 Å². The average molecular weight is 192 g/mol. The molecule has 0 atom stereocenters. The zero-order chi connectivity index (χ0) is 9.86. The summed E-state index contributed by atoms with van der Waals surface area (Å²) >= 11 is 0. The van der Waals surface area contributed by atoms with Crippen LogP contribution in [0.5, 0.6) is 0 Å². The minimum Gasteiger partial charge on any atom is -0.381 e. The molecule has 1 aliphatic rings.